The number of hydrogen-bond acceptors (Lipinski definition) is 5. The number of hydrogen-bond donors (Lipinski definition) is 3. The molecule has 6 nitrogen and oxygen atoms in total. The molecule has 0 aliphatic heterocycles. The predicted octanol–water partition coefficient (Wildman–Crippen LogP) is -0.616. The Morgan fingerprint density at radius 3 is 2.40 bits per heavy atom. The molecule has 0 aromatic carbocycles. The molecule has 0 saturated heterocycles. The van der Waals surface area contributed by atoms with E-state index in [-0.39, 0.29) is 25.4 Å². The van der Waals surface area contributed by atoms with Crippen LogP contribution in [-0.2, 0) is 14.3 Å². The van der Waals surface area contributed by atoms with E-state index in [2.05, 4.69) is 4.74 Å². The van der Waals surface area contributed by atoms with Crippen LogP contribution < -0.4 is 0 Å². The van der Waals surface area contributed by atoms with Crippen molar-refractivity contribution in [2.45, 2.75) is 25.9 Å². The third kappa shape index (κ3) is 7.90. The van der Waals surface area contributed by atoms with Gasteiger partial charge < -0.3 is 20.1 Å². The first-order chi connectivity index (χ1) is 6.95. The lowest BCUT2D eigenvalue weighted by molar-refractivity contribution is -0.148. The zero-order valence-corrected chi connectivity index (χ0v) is 8.55. The molecule has 0 saturated carbocycles. The summed E-state index contributed by atoms with van der Waals surface area (Å²) < 4.78 is 4.61. The summed E-state index contributed by atoms with van der Waals surface area (Å²) in [6.45, 7) is 0.880. The van der Waals surface area contributed by atoms with Crippen molar-refractivity contribution < 1.29 is 29.6 Å². The highest BCUT2D eigenvalue weighted by Gasteiger charge is 2.14. The van der Waals surface area contributed by atoms with E-state index < -0.39 is 24.6 Å². The summed E-state index contributed by atoms with van der Waals surface area (Å²) in [6.07, 6.45) is -1.19. The summed E-state index contributed by atoms with van der Waals surface area (Å²) in [5.41, 5.74) is 0. The molecule has 0 rings (SSSR count). The average molecular weight is 220 g/mol. The minimum Gasteiger partial charge on any atom is -0.481 e. The molecule has 0 aliphatic rings. The third-order valence-electron chi connectivity index (χ3n) is 1.69. The molecule has 2 unspecified atom stereocenters. The van der Waals surface area contributed by atoms with Gasteiger partial charge in [-0.1, -0.05) is 6.92 Å². The van der Waals surface area contributed by atoms with Crippen LogP contribution in [0.5, 0.6) is 0 Å². The van der Waals surface area contributed by atoms with Crippen LogP contribution in [0.15, 0.2) is 0 Å². The van der Waals surface area contributed by atoms with Crippen molar-refractivity contribution in [2.75, 3.05) is 13.2 Å². The van der Waals surface area contributed by atoms with E-state index >= 15 is 0 Å². The molecule has 3 N–H and O–H groups in total. The number of aliphatic hydroxyl groups is 2. The van der Waals surface area contributed by atoms with Gasteiger partial charge in [-0.05, 0) is 5.92 Å². The highest BCUT2D eigenvalue weighted by Crippen LogP contribution is 2.08. The SMILES string of the molecule is CC(CC(=O)O)CC(=O)OCC(O)CO. The normalized spacial score (nSPS) is 14.3. The van der Waals surface area contributed by atoms with Crippen molar-refractivity contribution in [1.82, 2.24) is 0 Å². The summed E-state index contributed by atoms with van der Waals surface area (Å²) in [6, 6.07) is 0. The van der Waals surface area contributed by atoms with Gasteiger partial charge in [-0.3, -0.25) is 9.59 Å². The summed E-state index contributed by atoms with van der Waals surface area (Å²) in [5.74, 6) is -1.84. The Morgan fingerprint density at radius 2 is 1.93 bits per heavy atom. The Balaban J connectivity index is 3.69. The van der Waals surface area contributed by atoms with Crippen LogP contribution in [0.2, 0.25) is 0 Å². The minimum absolute atomic E-state index is 0.00948. The molecule has 0 spiro atoms. The number of aliphatic hydroxyl groups excluding tert-OH is 2. The van der Waals surface area contributed by atoms with Crippen LogP contribution >= 0.6 is 0 Å². The molecule has 0 radical (unpaired) electrons. The lowest BCUT2D eigenvalue weighted by Crippen LogP contribution is -2.23. The molecule has 2 atom stereocenters. The van der Waals surface area contributed by atoms with Crippen molar-refractivity contribution in [3.63, 3.8) is 0 Å². The second-order valence-electron chi connectivity index (χ2n) is 3.43. The van der Waals surface area contributed by atoms with Gasteiger partial charge in [0.05, 0.1) is 6.61 Å². The topological polar surface area (TPSA) is 104 Å². The Kier molecular flexibility index (Phi) is 6.64. The summed E-state index contributed by atoms with van der Waals surface area (Å²) >= 11 is 0. The number of carbonyl (C=O) groups excluding carboxylic acids is 1. The number of ether oxygens (including phenoxy) is 1. The molecule has 88 valence electrons. The van der Waals surface area contributed by atoms with Crippen LogP contribution in [0.3, 0.4) is 0 Å². The first kappa shape index (κ1) is 13.9. The quantitative estimate of drug-likeness (QED) is 0.494. The van der Waals surface area contributed by atoms with Gasteiger partial charge in [0.25, 0.3) is 0 Å². The van der Waals surface area contributed by atoms with E-state index in [0.717, 1.165) is 0 Å². The fourth-order valence-electron chi connectivity index (χ4n) is 0.956. The van der Waals surface area contributed by atoms with Crippen LogP contribution in [0.25, 0.3) is 0 Å². The average Bonchev–Trinajstić information content (AvgIpc) is 2.12. The van der Waals surface area contributed by atoms with Crippen molar-refractivity contribution in [1.29, 1.82) is 0 Å². The van der Waals surface area contributed by atoms with Crippen LogP contribution in [0.4, 0.5) is 0 Å². The molecule has 15 heavy (non-hydrogen) atoms. The fraction of sp³-hybridized carbons (Fsp3) is 0.778. The fourth-order valence-corrected chi connectivity index (χ4v) is 0.956. The number of rotatable bonds is 7. The predicted molar refractivity (Wildman–Crippen MR) is 50.1 cm³/mol. The molecule has 0 amide bonds. The maximum Gasteiger partial charge on any atom is 0.306 e. The van der Waals surface area contributed by atoms with Gasteiger partial charge in [-0.15, -0.1) is 0 Å². The van der Waals surface area contributed by atoms with Gasteiger partial charge in [0.1, 0.15) is 12.7 Å². The second-order valence-corrected chi connectivity index (χ2v) is 3.43. The third-order valence-corrected chi connectivity index (χ3v) is 1.69. The number of carboxylic acid groups (broad SMARTS) is 1. The first-order valence-corrected chi connectivity index (χ1v) is 4.62. The van der Waals surface area contributed by atoms with Crippen molar-refractivity contribution >= 4 is 11.9 Å². The lowest BCUT2D eigenvalue weighted by Gasteiger charge is -2.10. The molecule has 0 aliphatic carbocycles. The summed E-state index contributed by atoms with van der Waals surface area (Å²) in [5, 5.41) is 25.7. The van der Waals surface area contributed by atoms with Crippen molar-refractivity contribution in [2.24, 2.45) is 5.92 Å². The summed E-state index contributed by atoms with van der Waals surface area (Å²) in [7, 11) is 0. The zero-order chi connectivity index (χ0) is 11.8. The second kappa shape index (κ2) is 7.19. The Bertz CT molecular complexity index is 215. The maximum absolute atomic E-state index is 11.0. The number of esters is 1. The van der Waals surface area contributed by atoms with Gasteiger partial charge in [-0.25, -0.2) is 0 Å². The molecular weight excluding hydrogens is 204 g/mol. The van der Waals surface area contributed by atoms with Crippen LogP contribution in [0.1, 0.15) is 19.8 Å². The van der Waals surface area contributed by atoms with E-state index in [9.17, 15) is 9.59 Å². The monoisotopic (exact) mass is 220 g/mol. The van der Waals surface area contributed by atoms with E-state index in [0.29, 0.717) is 0 Å². The highest BCUT2D eigenvalue weighted by molar-refractivity contribution is 5.72. The molecular formula is C9H16O6. The van der Waals surface area contributed by atoms with Gasteiger partial charge >= 0.3 is 11.9 Å². The molecule has 0 fully saturated rings. The number of aliphatic carboxylic acids is 1. The van der Waals surface area contributed by atoms with Crippen molar-refractivity contribution in [3.8, 4) is 0 Å². The van der Waals surface area contributed by atoms with Crippen molar-refractivity contribution in [3.05, 3.63) is 0 Å². The Labute approximate surface area is 87.5 Å². The Hall–Kier alpha value is -1.14. The lowest BCUT2D eigenvalue weighted by atomic mass is 10.0. The number of carbonyl (C=O) groups is 2. The van der Waals surface area contributed by atoms with Crippen LogP contribution in [0, 0.1) is 5.92 Å². The summed E-state index contributed by atoms with van der Waals surface area (Å²) in [4.78, 5) is 21.3. The molecule has 0 aromatic heterocycles. The van der Waals surface area contributed by atoms with Gasteiger partial charge in [-0.2, -0.15) is 0 Å². The Morgan fingerprint density at radius 1 is 1.33 bits per heavy atom. The first-order valence-electron chi connectivity index (χ1n) is 4.62. The maximum atomic E-state index is 11.0. The number of carboxylic acids is 1. The van der Waals surface area contributed by atoms with E-state index in [1.165, 1.54) is 0 Å². The minimum atomic E-state index is -1.08. The van der Waals surface area contributed by atoms with Crippen LogP contribution in [-0.4, -0.2) is 46.6 Å². The largest absolute Gasteiger partial charge is 0.481 e. The molecule has 0 bridgehead atoms. The molecule has 0 heterocycles. The molecule has 0 aromatic rings. The van der Waals surface area contributed by atoms with E-state index in [4.69, 9.17) is 15.3 Å². The zero-order valence-electron chi connectivity index (χ0n) is 8.55. The van der Waals surface area contributed by atoms with E-state index in [1.54, 1.807) is 6.92 Å². The standard InChI is InChI=1S/C9H16O6/c1-6(2-8(12)13)3-9(14)15-5-7(11)4-10/h6-7,10-11H,2-5H2,1H3,(H,12,13). The molecule has 6 heteroatoms. The van der Waals surface area contributed by atoms with E-state index in [1.807, 2.05) is 0 Å². The van der Waals surface area contributed by atoms with Gasteiger partial charge in [0.2, 0.25) is 0 Å². The van der Waals surface area contributed by atoms with Gasteiger partial charge in [0, 0.05) is 12.8 Å². The smallest absolute Gasteiger partial charge is 0.306 e. The van der Waals surface area contributed by atoms with Gasteiger partial charge in [0.15, 0.2) is 0 Å². The highest BCUT2D eigenvalue weighted by atomic mass is 16.5.